The maximum Gasteiger partial charge on any atom is 0.254 e. The largest absolute Gasteiger partial charge is 0.368 e. The molecule has 1 saturated heterocycles. The fraction of sp³-hybridized carbons (Fsp3) is 0.333. The van der Waals surface area contributed by atoms with Crippen LogP contribution < -0.4 is 5.73 Å². The zero-order valence-corrected chi connectivity index (χ0v) is 16.4. The molecule has 0 saturated carbocycles. The number of aryl methyl sites for hydroxylation is 1. The van der Waals surface area contributed by atoms with Gasteiger partial charge in [0.05, 0.1) is 0 Å². The minimum atomic E-state index is -0.514. The van der Waals surface area contributed by atoms with Crippen molar-refractivity contribution >= 4 is 23.4 Å². The van der Waals surface area contributed by atoms with Gasteiger partial charge in [-0.05, 0) is 48.7 Å². The average molecular weight is 386 g/mol. The summed E-state index contributed by atoms with van der Waals surface area (Å²) in [5.41, 5.74) is 9.35. The summed E-state index contributed by atoms with van der Waals surface area (Å²) >= 11 is 5.94. The smallest absolute Gasteiger partial charge is 0.254 e. The van der Waals surface area contributed by atoms with E-state index >= 15 is 0 Å². The van der Waals surface area contributed by atoms with Crippen molar-refractivity contribution in [2.24, 2.45) is 5.73 Å². The molecular weight excluding hydrogens is 362 g/mol. The first kappa shape index (κ1) is 19.4. The van der Waals surface area contributed by atoms with E-state index in [4.69, 9.17) is 17.3 Å². The van der Waals surface area contributed by atoms with E-state index in [1.807, 2.05) is 54.0 Å². The standard InChI is InChI=1S/C21H24ClN3O2/c1-14-4-3-5-18(15(14)2)21(27)25-12-10-24(11-13-25)19(20(23)26)16-6-8-17(22)9-7-16/h3-9,19H,10-13H2,1-2H3,(H2,23,26)/t19-/m0/s1. The number of amides is 2. The predicted molar refractivity (Wildman–Crippen MR) is 107 cm³/mol. The van der Waals surface area contributed by atoms with Crippen molar-refractivity contribution in [2.45, 2.75) is 19.9 Å². The Morgan fingerprint density at radius 3 is 2.22 bits per heavy atom. The topological polar surface area (TPSA) is 66.6 Å². The van der Waals surface area contributed by atoms with Gasteiger partial charge in [-0.15, -0.1) is 0 Å². The van der Waals surface area contributed by atoms with Crippen LogP contribution in [0.3, 0.4) is 0 Å². The van der Waals surface area contributed by atoms with Crippen LogP contribution in [0.1, 0.15) is 33.1 Å². The Bertz CT molecular complexity index is 843. The molecule has 0 aliphatic carbocycles. The summed E-state index contributed by atoms with van der Waals surface area (Å²) in [6.45, 7) is 6.28. The molecule has 1 atom stereocenters. The Hall–Kier alpha value is -2.37. The second kappa shape index (κ2) is 8.11. The molecule has 27 heavy (non-hydrogen) atoms. The minimum absolute atomic E-state index is 0.0398. The van der Waals surface area contributed by atoms with Crippen LogP contribution in [-0.4, -0.2) is 47.8 Å². The van der Waals surface area contributed by atoms with Crippen molar-refractivity contribution in [1.82, 2.24) is 9.80 Å². The quantitative estimate of drug-likeness (QED) is 0.879. The van der Waals surface area contributed by atoms with Crippen LogP contribution in [-0.2, 0) is 4.79 Å². The van der Waals surface area contributed by atoms with Gasteiger partial charge in [0.1, 0.15) is 6.04 Å². The number of nitrogens with two attached hydrogens (primary N) is 1. The van der Waals surface area contributed by atoms with Crippen molar-refractivity contribution in [3.05, 3.63) is 69.7 Å². The van der Waals surface area contributed by atoms with Crippen molar-refractivity contribution in [3.8, 4) is 0 Å². The fourth-order valence-electron chi connectivity index (χ4n) is 3.54. The number of piperazine rings is 1. The number of carbonyl (C=O) groups is 2. The van der Waals surface area contributed by atoms with E-state index in [-0.39, 0.29) is 5.91 Å². The highest BCUT2D eigenvalue weighted by atomic mass is 35.5. The van der Waals surface area contributed by atoms with Gasteiger partial charge < -0.3 is 10.6 Å². The molecule has 0 spiro atoms. The Kier molecular flexibility index (Phi) is 5.82. The van der Waals surface area contributed by atoms with Gasteiger partial charge in [0, 0.05) is 36.8 Å². The van der Waals surface area contributed by atoms with Crippen LogP contribution in [0.25, 0.3) is 0 Å². The van der Waals surface area contributed by atoms with E-state index in [9.17, 15) is 9.59 Å². The second-order valence-corrected chi connectivity index (χ2v) is 7.37. The molecule has 2 N–H and O–H groups in total. The lowest BCUT2D eigenvalue weighted by molar-refractivity contribution is -0.124. The summed E-state index contributed by atoms with van der Waals surface area (Å²) in [5.74, 6) is -0.357. The first-order chi connectivity index (χ1) is 12.9. The van der Waals surface area contributed by atoms with Crippen LogP contribution in [0.4, 0.5) is 0 Å². The first-order valence-electron chi connectivity index (χ1n) is 9.03. The van der Waals surface area contributed by atoms with Gasteiger partial charge in [-0.3, -0.25) is 14.5 Å². The van der Waals surface area contributed by atoms with E-state index in [0.717, 1.165) is 22.3 Å². The minimum Gasteiger partial charge on any atom is -0.368 e. The number of carbonyl (C=O) groups excluding carboxylic acids is 2. The number of hydrogen-bond acceptors (Lipinski definition) is 3. The van der Waals surface area contributed by atoms with Crippen LogP contribution in [0.15, 0.2) is 42.5 Å². The van der Waals surface area contributed by atoms with Gasteiger partial charge in [-0.2, -0.15) is 0 Å². The lowest BCUT2D eigenvalue weighted by Crippen LogP contribution is -2.52. The van der Waals surface area contributed by atoms with Gasteiger partial charge in [-0.25, -0.2) is 0 Å². The highest BCUT2D eigenvalue weighted by molar-refractivity contribution is 6.30. The summed E-state index contributed by atoms with van der Waals surface area (Å²) in [5, 5.41) is 0.617. The third-order valence-corrected chi connectivity index (χ3v) is 5.51. The molecule has 2 aromatic carbocycles. The number of benzene rings is 2. The Labute approximate surface area is 164 Å². The number of halogens is 1. The summed E-state index contributed by atoms with van der Waals surface area (Å²) in [6, 6.07) is 12.4. The normalized spacial score (nSPS) is 16.2. The van der Waals surface area contributed by atoms with E-state index in [1.165, 1.54) is 0 Å². The van der Waals surface area contributed by atoms with Crippen molar-refractivity contribution in [2.75, 3.05) is 26.2 Å². The molecule has 1 aliphatic heterocycles. The van der Waals surface area contributed by atoms with E-state index in [2.05, 4.69) is 0 Å². The second-order valence-electron chi connectivity index (χ2n) is 6.93. The third kappa shape index (κ3) is 4.15. The molecule has 1 fully saturated rings. The number of rotatable bonds is 4. The monoisotopic (exact) mass is 385 g/mol. The molecule has 1 heterocycles. The van der Waals surface area contributed by atoms with Gasteiger partial charge in [0.25, 0.3) is 5.91 Å². The van der Waals surface area contributed by atoms with Crippen molar-refractivity contribution in [1.29, 1.82) is 0 Å². The molecule has 5 nitrogen and oxygen atoms in total. The van der Waals surface area contributed by atoms with Crippen molar-refractivity contribution < 1.29 is 9.59 Å². The molecule has 0 unspecified atom stereocenters. The summed E-state index contributed by atoms with van der Waals surface area (Å²) in [6.07, 6.45) is 0. The summed E-state index contributed by atoms with van der Waals surface area (Å²) in [4.78, 5) is 28.8. The van der Waals surface area contributed by atoms with Gasteiger partial charge >= 0.3 is 0 Å². The molecule has 3 rings (SSSR count). The number of nitrogens with zero attached hydrogens (tertiary/aromatic N) is 2. The maximum atomic E-state index is 12.9. The Balaban J connectivity index is 1.71. The molecule has 2 aromatic rings. The van der Waals surface area contributed by atoms with E-state index in [1.54, 1.807) is 12.1 Å². The third-order valence-electron chi connectivity index (χ3n) is 5.26. The SMILES string of the molecule is Cc1cccc(C(=O)N2CCN([C@H](C(N)=O)c3ccc(Cl)cc3)CC2)c1C. The van der Waals surface area contributed by atoms with Gasteiger partial charge in [0.15, 0.2) is 0 Å². The fourth-order valence-corrected chi connectivity index (χ4v) is 3.66. The highest BCUT2D eigenvalue weighted by Crippen LogP contribution is 2.24. The van der Waals surface area contributed by atoms with Crippen molar-refractivity contribution in [3.63, 3.8) is 0 Å². The summed E-state index contributed by atoms with van der Waals surface area (Å²) in [7, 11) is 0. The molecule has 142 valence electrons. The van der Waals surface area contributed by atoms with Gasteiger partial charge in [0.2, 0.25) is 5.91 Å². The Morgan fingerprint density at radius 1 is 1.00 bits per heavy atom. The average Bonchev–Trinajstić information content (AvgIpc) is 2.65. The lowest BCUT2D eigenvalue weighted by atomic mass is 10.0. The summed E-state index contributed by atoms with van der Waals surface area (Å²) < 4.78 is 0. The first-order valence-corrected chi connectivity index (χ1v) is 9.40. The molecular formula is C21H24ClN3O2. The highest BCUT2D eigenvalue weighted by Gasteiger charge is 2.31. The Morgan fingerprint density at radius 2 is 1.63 bits per heavy atom. The molecule has 6 heteroatoms. The lowest BCUT2D eigenvalue weighted by Gasteiger charge is -2.38. The van der Waals surface area contributed by atoms with Gasteiger partial charge in [-0.1, -0.05) is 35.9 Å². The molecule has 1 aliphatic rings. The van der Waals surface area contributed by atoms with E-state index < -0.39 is 11.9 Å². The van der Waals surface area contributed by atoms with Crippen LogP contribution in [0.2, 0.25) is 5.02 Å². The maximum absolute atomic E-state index is 12.9. The molecule has 2 amide bonds. The predicted octanol–water partition coefficient (Wildman–Crippen LogP) is 2.94. The van der Waals surface area contributed by atoms with Crippen LogP contribution in [0, 0.1) is 13.8 Å². The molecule has 0 radical (unpaired) electrons. The zero-order valence-electron chi connectivity index (χ0n) is 15.6. The molecule has 0 bridgehead atoms. The number of primary amides is 1. The number of hydrogen-bond donors (Lipinski definition) is 1. The zero-order chi connectivity index (χ0) is 19.6. The van der Waals surface area contributed by atoms with Crippen LogP contribution >= 0.6 is 11.6 Å². The van der Waals surface area contributed by atoms with Crippen LogP contribution in [0.5, 0.6) is 0 Å². The molecule has 0 aromatic heterocycles. The van der Waals surface area contributed by atoms with E-state index in [0.29, 0.717) is 31.2 Å².